The van der Waals surface area contributed by atoms with Crippen molar-refractivity contribution in [3.8, 4) is 0 Å². The standard InChI is InChI=1S/C14H31N3O2S/c1-6-13(4)16(5)20(18,19)17-10-8-7-9-14(17)11-15-12(2)3/h12-15H,6-11H2,1-5H3. The van der Waals surface area contributed by atoms with Crippen LogP contribution in [0.4, 0.5) is 0 Å². The minimum Gasteiger partial charge on any atom is -0.313 e. The average Bonchev–Trinajstić information content (AvgIpc) is 2.43. The molecule has 0 aromatic rings. The Hall–Kier alpha value is -0.170. The average molecular weight is 305 g/mol. The molecule has 120 valence electrons. The number of hydrogen-bond donors (Lipinski definition) is 1. The Bertz CT molecular complexity index is 384. The lowest BCUT2D eigenvalue weighted by molar-refractivity contribution is 0.220. The van der Waals surface area contributed by atoms with Gasteiger partial charge in [0, 0.05) is 38.3 Å². The van der Waals surface area contributed by atoms with Crippen LogP contribution in [0.25, 0.3) is 0 Å². The van der Waals surface area contributed by atoms with Gasteiger partial charge in [0.2, 0.25) is 0 Å². The molecule has 1 fully saturated rings. The molecule has 1 N–H and O–H groups in total. The number of rotatable bonds is 7. The van der Waals surface area contributed by atoms with Crippen molar-refractivity contribution in [1.82, 2.24) is 13.9 Å². The van der Waals surface area contributed by atoms with Crippen molar-refractivity contribution in [2.24, 2.45) is 0 Å². The molecular formula is C14H31N3O2S. The Labute approximate surface area is 124 Å². The van der Waals surface area contributed by atoms with Gasteiger partial charge in [0.15, 0.2) is 0 Å². The smallest absolute Gasteiger partial charge is 0.282 e. The second-order valence-electron chi connectivity index (χ2n) is 6.10. The second kappa shape index (κ2) is 7.73. The van der Waals surface area contributed by atoms with E-state index < -0.39 is 10.2 Å². The van der Waals surface area contributed by atoms with Gasteiger partial charge in [-0.3, -0.25) is 0 Å². The van der Waals surface area contributed by atoms with E-state index in [2.05, 4.69) is 19.2 Å². The van der Waals surface area contributed by atoms with Crippen molar-refractivity contribution in [1.29, 1.82) is 0 Å². The lowest BCUT2D eigenvalue weighted by atomic mass is 10.0. The van der Waals surface area contributed by atoms with Crippen LogP contribution in [-0.4, -0.2) is 55.3 Å². The van der Waals surface area contributed by atoms with Crippen LogP contribution in [0, 0.1) is 0 Å². The van der Waals surface area contributed by atoms with Gasteiger partial charge in [-0.25, -0.2) is 0 Å². The number of nitrogens with one attached hydrogen (secondary N) is 1. The number of nitrogens with zero attached hydrogens (tertiary/aromatic N) is 2. The first-order chi connectivity index (χ1) is 9.30. The van der Waals surface area contributed by atoms with Crippen LogP contribution >= 0.6 is 0 Å². The highest BCUT2D eigenvalue weighted by Crippen LogP contribution is 2.23. The van der Waals surface area contributed by atoms with Crippen molar-refractivity contribution in [2.45, 2.75) is 71.5 Å². The minimum atomic E-state index is -3.34. The lowest BCUT2D eigenvalue weighted by Crippen LogP contribution is -2.54. The molecule has 2 atom stereocenters. The second-order valence-corrected chi connectivity index (χ2v) is 8.05. The zero-order chi connectivity index (χ0) is 15.3. The Kier molecular flexibility index (Phi) is 6.91. The lowest BCUT2D eigenvalue weighted by Gasteiger charge is -2.38. The molecule has 0 bridgehead atoms. The van der Waals surface area contributed by atoms with Crippen molar-refractivity contribution in [3.63, 3.8) is 0 Å². The zero-order valence-electron chi connectivity index (χ0n) is 13.6. The van der Waals surface area contributed by atoms with E-state index >= 15 is 0 Å². The fraction of sp³-hybridized carbons (Fsp3) is 1.00. The predicted octanol–water partition coefficient (Wildman–Crippen LogP) is 1.81. The van der Waals surface area contributed by atoms with Gasteiger partial charge in [0.1, 0.15) is 0 Å². The first kappa shape index (κ1) is 17.9. The molecule has 0 aromatic carbocycles. The fourth-order valence-corrected chi connectivity index (χ4v) is 4.35. The Balaban J connectivity index is 2.82. The van der Waals surface area contributed by atoms with Crippen molar-refractivity contribution >= 4 is 10.2 Å². The van der Waals surface area contributed by atoms with E-state index in [0.717, 1.165) is 32.2 Å². The number of piperidine rings is 1. The summed E-state index contributed by atoms with van der Waals surface area (Å²) in [4.78, 5) is 0. The topological polar surface area (TPSA) is 52.7 Å². The van der Waals surface area contributed by atoms with E-state index in [1.165, 1.54) is 4.31 Å². The van der Waals surface area contributed by atoms with Gasteiger partial charge >= 0.3 is 0 Å². The summed E-state index contributed by atoms with van der Waals surface area (Å²) in [6.45, 7) is 9.55. The molecular weight excluding hydrogens is 274 g/mol. The van der Waals surface area contributed by atoms with E-state index in [1.807, 2.05) is 13.8 Å². The van der Waals surface area contributed by atoms with Crippen LogP contribution in [0.5, 0.6) is 0 Å². The first-order valence-corrected chi connectivity index (χ1v) is 9.18. The van der Waals surface area contributed by atoms with E-state index in [4.69, 9.17) is 0 Å². The van der Waals surface area contributed by atoms with Crippen LogP contribution in [0.15, 0.2) is 0 Å². The Morgan fingerprint density at radius 1 is 1.30 bits per heavy atom. The monoisotopic (exact) mass is 305 g/mol. The van der Waals surface area contributed by atoms with E-state index in [1.54, 1.807) is 11.4 Å². The molecule has 5 nitrogen and oxygen atoms in total. The minimum absolute atomic E-state index is 0.0423. The van der Waals surface area contributed by atoms with Crippen LogP contribution in [0.1, 0.15) is 53.4 Å². The molecule has 0 amide bonds. The van der Waals surface area contributed by atoms with E-state index in [-0.39, 0.29) is 12.1 Å². The van der Waals surface area contributed by atoms with Gasteiger partial charge in [0.25, 0.3) is 10.2 Å². The quantitative estimate of drug-likeness (QED) is 0.780. The highest BCUT2D eigenvalue weighted by atomic mass is 32.2. The summed E-state index contributed by atoms with van der Waals surface area (Å²) in [5.74, 6) is 0. The summed E-state index contributed by atoms with van der Waals surface area (Å²) in [6.07, 6.45) is 3.86. The molecule has 0 saturated carbocycles. The molecule has 0 aromatic heterocycles. The highest BCUT2D eigenvalue weighted by Gasteiger charge is 2.36. The maximum Gasteiger partial charge on any atom is 0.282 e. The molecule has 0 radical (unpaired) electrons. The summed E-state index contributed by atoms with van der Waals surface area (Å²) < 4.78 is 28.8. The first-order valence-electron chi connectivity index (χ1n) is 7.78. The maximum absolute atomic E-state index is 12.8. The van der Waals surface area contributed by atoms with E-state index in [9.17, 15) is 8.42 Å². The molecule has 0 aliphatic carbocycles. The Morgan fingerprint density at radius 2 is 1.95 bits per heavy atom. The van der Waals surface area contributed by atoms with Gasteiger partial charge in [-0.2, -0.15) is 17.0 Å². The van der Waals surface area contributed by atoms with Crippen LogP contribution in [-0.2, 0) is 10.2 Å². The van der Waals surface area contributed by atoms with Gasteiger partial charge in [-0.05, 0) is 26.2 Å². The SMILES string of the molecule is CCC(C)N(C)S(=O)(=O)N1CCCCC1CNC(C)C. The summed E-state index contributed by atoms with van der Waals surface area (Å²) in [5, 5.41) is 3.37. The molecule has 1 aliphatic heterocycles. The molecule has 1 heterocycles. The summed E-state index contributed by atoms with van der Waals surface area (Å²) in [5.41, 5.74) is 0. The molecule has 6 heteroatoms. The van der Waals surface area contributed by atoms with Crippen molar-refractivity contribution in [2.75, 3.05) is 20.1 Å². The zero-order valence-corrected chi connectivity index (χ0v) is 14.4. The van der Waals surface area contributed by atoms with Gasteiger partial charge < -0.3 is 5.32 Å². The molecule has 0 spiro atoms. The summed E-state index contributed by atoms with van der Waals surface area (Å²) in [7, 11) is -1.64. The van der Waals surface area contributed by atoms with Crippen molar-refractivity contribution in [3.05, 3.63) is 0 Å². The third kappa shape index (κ3) is 4.41. The van der Waals surface area contributed by atoms with Gasteiger partial charge in [-0.15, -0.1) is 0 Å². The Morgan fingerprint density at radius 3 is 2.50 bits per heavy atom. The molecule has 1 aliphatic rings. The normalized spacial score (nSPS) is 23.4. The summed E-state index contributed by atoms with van der Waals surface area (Å²) in [6, 6.07) is 0.511. The predicted molar refractivity (Wildman–Crippen MR) is 83.9 cm³/mol. The highest BCUT2D eigenvalue weighted by molar-refractivity contribution is 7.86. The largest absolute Gasteiger partial charge is 0.313 e. The molecule has 1 saturated heterocycles. The van der Waals surface area contributed by atoms with Gasteiger partial charge in [-0.1, -0.05) is 27.2 Å². The van der Waals surface area contributed by atoms with Gasteiger partial charge in [0.05, 0.1) is 0 Å². The molecule has 1 rings (SSSR count). The fourth-order valence-electron chi connectivity index (χ4n) is 2.50. The third-order valence-electron chi connectivity index (χ3n) is 4.21. The van der Waals surface area contributed by atoms with Crippen LogP contribution in [0.3, 0.4) is 0 Å². The van der Waals surface area contributed by atoms with Crippen LogP contribution in [0.2, 0.25) is 0 Å². The van der Waals surface area contributed by atoms with Crippen LogP contribution < -0.4 is 5.32 Å². The number of hydrogen-bond acceptors (Lipinski definition) is 3. The van der Waals surface area contributed by atoms with E-state index in [0.29, 0.717) is 12.6 Å². The molecule has 2 unspecified atom stereocenters. The summed E-state index contributed by atoms with van der Waals surface area (Å²) >= 11 is 0. The maximum atomic E-state index is 12.8. The van der Waals surface area contributed by atoms with Crippen molar-refractivity contribution < 1.29 is 8.42 Å². The third-order valence-corrected chi connectivity index (χ3v) is 6.37. The molecule has 20 heavy (non-hydrogen) atoms.